The van der Waals surface area contributed by atoms with Gasteiger partial charge < -0.3 is 14.1 Å². The molecule has 4 rings (SSSR count). The van der Waals surface area contributed by atoms with E-state index in [-0.39, 0.29) is 0 Å². The average Bonchev–Trinajstić information content (AvgIpc) is 3.26. The van der Waals surface area contributed by atoms with E-state index in [1.165, 1.54) is 5.56 Å². The van der Waals surface area contributed by atoms with Gasteiger partial charge in [-0.05, 0) is 31.4 Å². The first-order valence-corrected chi connectivity index (χ1v) is 8.51. The van der Waals surface area contributed by atoms with Gasteiger partial charge in [0.1, 0.15) is 16.9 Å². The molecule has 3 aromatic rings. The van der Waals surface area contributed by atoms with Gasteiger partial charge in [-0.25, -0.2) is 9.78 Å². The van der Waals surface area contributed by atoms with Gasteiger partial charge in [-0.2, -0.15) is 0 Å². The topological polar surface area (TPSA) is 71.5 Å². The predicted octanol–water partition coefficient (Wildman–Crippen LogP) is 3.01. The van der Waals surface area contributed by atoms with Gasteiger partial charge >= 0.3 is 5.97 Å². The van der Waals surface area contributed by atoms with Crippen LogP contribution >= 0.6 is 0 Å². The number of aliphatic carboxylic acids is 1. The number of carbonyl (C=O) groups is 1. The molecule has 0 saturated carbocycles. The molecule has 6 nitrogen and oxygen atoms in total. The Balaban J connectivity index is 1.51. The van der Waals surface area contributed by atoms with Crippen molar-refractivity contribution in [1.29, 1.82) is 0 Å². The fourth-order valence-electron chi connectivity index (χ4n) is 3.75. The molecule has 1 aromatic carbocycles. The Morgan fingerprint density at radius 1 is 1.32 bits per heavy atom. The van der Waals surface area contributed by atoms with Crippen LogP contribution in [0.1, 0.15) is 24.2 Å². The van der Waals surface area contributed by atoms with Crippen molar-refractivity contribution in [2.75, 3.05) is 13.1 Å². The average molecular weight is 339 g/mol. The van der Waals surface area contributed by atoms with Crippen LogP contribution in [0.15, 0.2) is 47.4 Å². The van der Waals surface area contributed by atoms with Gasteiger partial charge in [0.05, 0.1) is 12.9 Å². The van der Waals surface area contributed by atoms with E-state index in [2.05, 4.69) is 22.9 Å². The summed E-state index contributed by atoms with van der Waals surface area (Å²) in [7, 11) is 0. The summed E-state index contributed by atoms with van der Waals surface area (Å²) in [6.07, 6.45) is 6.09. The molecule has 25 heavy (non-hydrogen) atoms. The zero-order valence-electron chi connectivity index (χ0n) is 14.2. The Morgan fingerprint density at radius 2 is 2.08 bits per heavy atom. The molecular formula is C19H21N3O3. The third-order valence-electron chi connectivity index (χ3n) is 5.39. The van der Waals surface area contributed by atoms with Crippen molar-refractivity contribution in [3.8, 4) is 0 Å². The first kappa shape index (κ1) is 15.9. The fourth-order valence-corrected chi connectivity index (χ4v) is 3.75. The predicted molar refractivity (Wildman–Crippen MR) is 93.3 cm³/mol. The second kappa shape index (κ2) is 6.04. The van der Waals surface area contributed by atoms with E-state index in [1.807, 2.05) is 18.2 Å². The molecule has 1 aliphatic heterocycles. The summed E-state index contributed by atoms with van der Waals surface area (Å²) >= 11 is 0. The first-order valence-electron chi connectivity index (χ1n) is 8.51. The van der Waals surface area contributed by atoms with Gasteiger partial charge in [0.15, 0.2) is 0 Å². The van der Waals surface area contributed by atoms with Crippen LogP contribution in [0, 0.1) is 6.92 Å². The quantitative estimate of drug-likeness (QED) is 0.791. The largest absolute Gasteiger partial charge is 0.479 e. The maximum absolute atomic E-state index is 11.9. The third-order valence-corrected chi connectivity index (χ3v) is 5.39. The molecule has 2 aromatic heterocycles. The van der Waals surface area contributed by atoms with E-state index in [0.717, 1.165) is 16.7 Å². The minimum Gasteiger partial charge on any atom is -0.479 e. The van der Waals surface area contributed by atoms with Gasteiger partial charge in [0, 0.05) is 30.9 Å². The Kier molecular flexibility index (Phi) is 3.84. The molecule has 1 N–H and O–H groups in total. The fraction of sp³-hybridized carbons (Fsp3) is 0.368. The van der Waals surface area contributed by atoms with Crippen molar-refractivity contribution in [1.82, 2.24) is 14.5 Å². The molecule has 3 heterocycles. The van der Waals surface area contributed by atoms with Crippen LogP contribution in [0.25, 0.3) is 11.0 Å². The van der Waals surface area contributed by atoms with Crippen LogP contribution in [-0.4, -0.2) is 38.6 Å². The zero-order chi connectivity index (χ0) is 17.4. The number of furan rings is 1. The number of piperidine rings is 1. The minimum absolute atomic E-state index is 0.554. The summed E-state index contributed by atoms with van der Waals surface area (Å²) in [5.74, 6) is 0.178. The van der Waals surface area contributed by atoms with Crippen molar-refractivity contribution in [2.24, 2.45) is 0 Å². The number of nitrogens with zero attached hydrogens (tertiary/aromatic N) is 3. The van der Waals surface area contributed by atoms with Crippen molar-refractivity contribution in [2.45, 2.75) is 31.8 Å². The molecular weight excluding hydrogens is 318 g/mol. The SMILES string of the molecule is Cc1c(CN2CCC(C(=O)O)(n3ccnc3)CC2)oc2ccccc12. The van der Waals surface area contributed by atoms with E-state index in [4.69, 9.17) is 4.42 Å². The summed E-state index contributed by atoms with van der Waals surface area (Å²) in [4.78, 5) is 18.2. The van der Waals surface area contributed by atoms with Crippen molar-refractivity contribution >= 4 is 16.9 Å². The normalized spacial score (nSPS) is 17.8. The maximum Gasteiger partial charge on any atom is 0.330 e. The molecule has 0 bridgehead atoms. The van der Waals surface area contributed by atoms with Crippen LogP contribution in [-0.2, 0) is 16.9 Å². The highest BCUT2D eigenvalue weighted by molar-refractivity contribution is 5.81. The van der Waals surface area contributed by atoms with Gasteiger partial charge in [-0.15, -0.1) is 0 Å². The van der Waals surface area contributed by atoms with E-state index in [9.17, 15) is 9.90 Å². The number of likely N-dealkylation sites (tertiary alicyclic amines) is 1. The number of fused-ring (bicyclic) bond motifs is 1. The van der Waals surface area contributed by atoms with Crippen LogP contribution in [0.4, 0.5) is 0 Å². The molecule has 0 atom stereocenters. The lowest BCUT2D eigenvalue weighted by Gasteiger charge is -2.39. The number of hydrogen-bond donors (Lipinski definition) is 1. The molecule has 1 saturated heterocycles. The highest BCUT2D eigenvalue weighted by atomic mass is 16.4. The molecule has 1 fully saturated rings. The molecule has 130 valence electrons. The van der Waals surface area contributed by atoms with Gasteiger partial charge in [-0.1, -0.05) is 18.2 Å². The molecule has 0 unspecified atom stereocenters. The minimum atomic E-state index is -0.893. The van der Waals surface area contributed by atoms with E-state index in [0.29, 0.717) is 32.5 Å². The molecule has 0 amide bonds. The van der Waals surface area contributed by atoms with Gasteiger partial charge in [0.25, 0.3) is 0 Å². The second-order valence-electron chi connectivity index (χ2n) is 6.73. The van der Waals surface area contributed by atoms with Crippen LogP contribution < -0.4 is 0 Å². The number of aryl methyl sites for hydroxylation is 1. The van der Waals surface area contributed by atoms with Crippen molar-refractivity contribution in [3.05, 3.63) is 54.3 Å². The standard InChI is InChI=1S/C19H21N3O3/c1-14-15-4-2-3-5-16(15)25-17(14)12-21-9-6-19(7-10-21,18(23)24)22-11-8-20-13-22/h2-5,8,11,13H,6-7,9-10,12H2,1H3,(H,23,24). The molecule has 0 radical (unpaired) electrons. The summed E-state index contributed by atoms with van der Waals surface area (Å²) in [6.45, 7) is 4.21. The number of imidazole rings is 1. The lowest BCUT2D eigenvalue weighted by Crippen LogP contribution is -2.50. The monoisotopic (exact) mass is 339 g/mol. The van der Waals surface area contributed by atoms with Gasteiger partial charge in [-0.3, -0.25) is 4.90 Å². The number of rotatable bonds is 4. The van der Waals surface area contributed by atoms with E-state index in [1.54, 1.807) is 23.3 Å². The highest BCUT2D eigenvalue weighted by Gasteiger charge is 2.43. The maximum atomic E-state index is 11.9. The lowest BCUT2D eigenvalue weighted by atomic mass is 9.87. The molecule has 0 aliphatic carbocycles. The molecule has 0 spiro atoms. The molecule has 1 aliphatic rings. The first-order chi connectivity index (χ1) is 12.1. The summed E-state index contributed by atoms with van der Waals surface area (Å²) < 4.78 is 7.74. The Bertz CT molecular complexity index is 890. The van der Waals surface area contributed by atoms with Crippen LogP contribution in [0.2, 0.25) is 0 Å². The summed E-state index contributed by atoms with van der Waals surface area (Å²) in [5.41, 5.74) is 1.18. The number of para-hydroxylation sites is 1. The van der Waals surface area contributed by atoms with Gasteiger partial charge in [0.2, 0.25) is 0 Å². The van der Waals surface area contributed by atoms with Crippen LogP contribution in [0.5, 0.6) is 0 Å². The smallest absolute Gasteiger partial charge is 0.330 e. The molecule has 6 heteroatoms. The van der Waals surface area contributed by atoms with E-state index < -0.39 is 11.5 Å². The summed E-state index contributed by atoms with van der Waals surface area (Å²) in [6, 6.07) is 8.04. The van der Waals surface area contributed by atoms with Crippen molar-refractivity contribution < 1.29 is 14.3 Å². The van der Waals surface area contributed by atoms with Crippen molar-refractivity contribution in [3.63, 3.8) is 0 Å². The summed E-state index contributed by atoms with van der Waals surface area (Å²) in [5, 5.41) is 10.9. The number of carboxylic acids is 1. The number of aromatic nitrogens is 2. The Labute approximate surface area is 145 Å². The van der Waals surface area contributed by atoms with E-state index >= 15 is 0 Å². The number of carboxylic acid groups (broad SMARTS) is 1. The zero-order valence-corrected chi connectivity index (χ0v) is 14.2. The third kappa shape index (κ3) is 2.62. The second-order valence-corrected chi connectivity index (χ2v) is 6.73. The highest BCUT2D eigenvalue weighted by Crippen LogP contribution is 2.32. The number of hydrogen-bond acceptors (Lipinski definition) is 4. The number of benzene rings is 1. The Hall–Kier alpha value is -2.60. The Morgan fingerprint density at radius 3 is 2.72 bits per heavy atom. The lowest BCUT2D eigenvalue weighted by molar-refractivity contribution is -0.150. The van der Waals surface area contributed by atoms with Crippen LogP contribution in [0.3, 0.4) is 0 Å².